The summed E-state index contributed by atoms with van der Waals surface area (Å²) in [6.07, 6.45) is 0. The zero-order valence-electron chi connectivity index (χ0n) is 15.0. The molecule has 0 unspecified atom stereocenters. The van der Waals surface area contributed by atoms with Gasteiger partial charge in [0.2, 0.25) is 0 Å². The van der Waals surface area contributed by atoms with E-state index in [9.17, 15) is 9.90 Å². The average molecular weight is 382 g/mol. The van der Waals surface area contributed by atoms with E-state index in [0.717, 1.165) is 0 Å². The molecule has 0 atom stereocenters. The number of halogens is 2. The van der Waals surface area contributed by atoms with E-state index in [1.54, 1.807) is 0 Å². The van der Waals surface area contributed by atoms with Crippen molar-refractivity contribution in [3.05, 3.63) is 69.7 Å². The van der Waals surface area contributed by atoms with Crippen LogP contribution in [0, 0.1) is 0 Å². The number of carboxylic acid groups (broad SMARTS) is 1. The lowest BCUT2D eigenvalue weighted by Gasteiger charge is -2.35. The Morgan fingerprint density at radius 1 is 0.960 bits per heavy atom. The van der Waals surface area contributed by atoms with Gasteiger partial charge in [0.25, 0.3) is 0 Å². The van der Waals surface area contributed by atoms with Gasteiger partial charge in [-0.2, -0.15) is 0 Å². The Morgan fingerprint density at radius 3 is 1.96 bits per heavy atom. The third kappa shape index (κ3) is 6.69. The summed E-state index contributed by atoms with van der Waals surface area (Å²) in [4.78, 5) is 10.3. The predicted molar refractivity (Wildman–Crippen MR) is 103 cm³/mol. The van der Waals surface area contributed by atoms with Crippen molar-refractivity contribution >= 4 is 29.2 Å². The van der Waals surface area contributed by atoms with Gasteiger partial charge >= 0.3 is 0 Å². The van der Waals surface area contributed by atoms with Crippen molar-refractivity contribution in [1.29, 1.82) is 0 Å². The highest BCUT2D eigenvalue weighted by Crippen LogP contribution is 2.20. The van der Waals surface area contributed by atoms with Crippen LogP contribution < -0.4 is 5.11 Å². The quantitative estimate of drug-likeness (QED) is 0.694. The van der Waals surface area contributed by atoms with Crippen molar-refractivity contribution in [3.63, 3.8) is 0 Å². The Labute approximate surface area is 160 Å². The van der Waals surface area contributed by atoms with E-state index in [-0.39, 0.29) is 10.6 Å². The van der Waals surface area contributed by atoms with E-state index in [2.05, 4.69) is 51.1 Å². The van der Waals surface area contributed by atoms with Crippen LogP contribution in [0.2, 0.25) is 10.0 Å². The maximum Gasteiger partial charge on any atom is 0.104 e. The highest BCUT2D eigenvalue weighted by atomic mass is 35.5. The normalized spacial score (nSPS) is 10.8. The van der Waals surface area contributed by atoms with Gasteiger partial charge in [-0.3, -0.25) is 0 Å². The van der Waals surface area contributed by atoms with E-state index in [0.29, 0.717) is 5.02 Å². The predicted octanol–water partition coefficient (Wildman–Crippen LogP) is 4.42. The summed E-state index contributed by atoms with van der Waals surface area (Å²) in [6.45, 7) is 11.7. The van der Waals surface area contributed by atoms with Gasteiger partial charge < -0.3 is 14.4 Å². The average Bonchev–Trinajstić information content (AvgIpc) is 2.61. The largest absolute Gasteiger partial charge is 0.545 e. The van der Waals surface area contributed by atoms with Crippen LogP contribution in [0.4, 0.5) is 0 Å². The second-order valence-corrected chi connectivity index (χ2v) is 6.69. The van der Waals surface area contributed by atoms with Gasteiger partial charge in [-0.1, -0.05) is 59.6 Å². The highest BCUT2D eigenvalue weighted by Gasteiger charge is 2.20. The van der Waals surface area contributed by atoms with Crippen LogP contribution in [0.1, 0.15) is 36.7 Å². The smallest absolute Gasteiger partial charge is 0.104 e. The molecule has 3 nitrogen and oxygen atoms in total. The van der Waals surface area contributed by atoms with Crippen molar-refractivity contribution in [2.75, 3.05) is 19.6 Å². The first-order chi connectivity index (χ1) is 11.9. The van der Waals surface area contributed by atoms with Crippen LogP contribution in [0.25, 0.3) is 0 Å². The SMILES string of the molecule is CC[N+](CC)(CC)Cc1ccccc1.O=C([O-])c1ccc(Cl)cc1Cl. The number of aromatic carboxylic acids is 1. The summed E-state index contributed by atoms with van der Waals surface area (Å²) in [5.74, 6) is -1.30. The number of rotatable bonds is 6. The molecular formula is C20H25Cl2NO2. The molecule has 0 aliphatic carbocycles. The van der Waals surface area contributed by atoms with Gasteiger partial charge in [0.15, 0.2) is 0 Å². The molecule has 0 aliphatic heterocycles. The fourth-order valence-electron chi connectivity index (χ4n) is 2.63. The first-order valence-electron chi connectivity index (χ1n) is 8.42. The molecule has 0 saturated heterocycles. The molecule has 5 heteroatoms. The maximum atomic E-state index is 10.3. The summed E-state index contributed by atoms with van der Waals surface area (Å²) < 4.78 is 1.20. The molecule has 0 aromatic heterocycles. The zero-order valence-corrected chi connectivity index (χ0v) is 16.5. The molecule has 0 amide bonds. The minimum absolute atomic E-state index is 0.0453. The number of carbonyl (C=O) groups is 1. The Morgan fingerprint density at radius 2 is 1.52 bits per heavy atom. The van der Waals surface area contributed by atoms with Crippen LogP contribution in [-0.4, -0.2) is 30.1 Å². The number of quaternary nitrogens is 1. The van der Waals surface area contributed by atoms with Crippen molar-refractivity contribution < 1.29 is 14.4 Å². The number of benzene rings is 2. The van der Waals surface area contributed by atoms with E-state index in [1.165, 1.54) is 54.4 Å². The molecule has 0 heterocycles. The lowest BCUT2D eigenvalue weighted by molar-refractivity contribution is -0.936. The van der Waals surface area contributed by atoms with Crippen molar-refractivity contribution in [2.45, 2.75) is 27.3 Å². The van der Waals surface area contributed by atoms with E-state index in [1.807, 2.05) is 0 Å². The van der Waals surface area contributed by atoms with Crippen molar-refractivity contribution in [2.24, 2.45) is 0 Å². The second kappa shape index (κ2) is 10.4. The highest BCUT2D eigenvalue weighted by molar-refractivity contribution is 6.36. The number of carbonyl (C=O) groups excluding carboxylic acids is 1. The van der Waals surface area contributed by atoms with Gasteiger partial charge in [0, 0.05) is 16.1 Å². The molecule has 2 aromatic rings. The van der Waals surface area contributed by atoms with Crippen molar-refractivity contribution in [1.82, 2.24) is 0 Å². The Kier molecular flexibility index (Phi) is 8.98. The topological polar surface area (TPSA) is 40.1 Å². The summed E-state index contributed by atoms with van der Waals surface area (Å²) in [7, 11) is 0. The molecule has 0 spiro atoms. The first-order valence-corrected chi connectivity index (χ1v) is 9.18. The Bertz CT molecular complexity index is 662. The van der Waals surface area contributed by atoms with Crippen LogP contribution in [0.15, 0.2) is 48.5 Å². The van der Waals surface area contributed by atoms with Crippen molar-refractivity contribution in [3.8, 4) is 0 Å². The van der Waals surface area contributed by atoms with Crippen LogP contribution in [-0.2, 0) is 6.54 Å². The molecule has 2 rings (SSSR count). The molecule has 0 N–H and O–H groups in total. The number of hydrogen-bond acceptors (Lipinski definition) is 2. The number of hydrogen-bond donors (Lipinski definition) is 0. The molecule has 136 valence electrons. The molecule has 0 fully saturated rings. The molecule has 0 radical (unpaired) electrons. The maximum absolute atomic E-state index is 10.3. The molecule has 0 bridgehead atoms. The minimum Gasteiger partial charge on any atom is -0.545 e. The lowest BCUT2D eigenvalue weighted by Crippen LogP contribution is -2.46. The number of nitrogens with zero attached hydrogens (tertiary/aromatic N) is 1. The van der Waals surface area contributed by atoms with Gasteiger partial charge in [-0.05, 0) is 32.9 Å². The molecular weight excluding hydrogens is 357 g/mol. The molecule has 2 aromatic carbocycles. The van der Waals surface area contributed by atoms with Gasteiger partial charge in [-0.25, -0.2) is 0 Å². The summed E-state index contributed by atoms with van der Waals surface area (Å²) in [6, 6.07) is 14.9. The van der Waals surface area contributed by atoms with Gasteiger partial charge in [0.1, 0.15) is 6.54 Å². The fraction of sp³-hybridized carbons (Fsp3) is 0.350. The summed E-state index contributed by atoms with van der Waals surface area (Å²) >= 11 is 11.0. The van der Waals surface area contributed by atoms with Crippen LogP contribution in [0.5, 0.6) is 0 Å². The summed E-state index contributed by atoms with van der Waals surface area (Å²) in [5.41, 5.74) is 1.41. The monoisotopic (exact) mass is 381 g/mol. The Balaban J connectivity index is 0.000000257. The fourth-order valence-corrected chi connectivity index (χ4v) is 3.12. The standard InChI is InChI=1S/C13H22N.C7H4Cl2O2/c1-4-14(5-2,6-3)12-13-10-8-7-9-11-13;8-4-1-2-5(7(10)11)6(9)3-4/h7-11H,4-6,12H2,1-3H3;1-3H,(H,10,11)/q+1;/p-1. The molecule has 0 aliphatic rings. The summed E-state index contributed by atoms with van der Waals surface area (Å²) in [5, 5.41) is 10.8. The first kappa shape index (κ1) is 21.5. The lowest BCUT2D eigenvalue weighted by atomic mass is 10.2. The van der Waals surface area contributed by atoms with Gasteiger partial charge in [0.05, 0.1) is 30.6 Å². The minimum atomic E-state index is -1.30. The third-order valence-electron chi connectivity index (χ3n) is 4.52. The van der Waals surface area contributed by atoms with Crippen LogP contribution >= 0.6 is 23.2 Å². The molecule has 0 saturated carbocycles. The number of carboxylic acids is 1. The Hall–Kier alpha value is -1.55. The van der Waals surface area contributed by atoms with E-state index < -0.39 is 5.97 Å². The zero-order chi connectivity index (χ0) is 18.9. The van der Waals surface area contributed by atoms with Crippen LogP contribution in [0.3, 0.4) is 0 Å². The van der Waals surface area contributed by atoms with E-state index >= 15 is 0 Å². The van der Waals surface area contributed by atoms with E-state index in [4.69, 9.17) is 23.2 Å². The molecule has 25 heavy (non-hydrogen) atoms. The third-order valence-corrected chi connectivity index (χ3v) is 5.07. The second-order valence-electron chi connectivity index (χ2n) is 5.85. The van der Waals surface area contributed by atoms with Gasteiger partial charge in [-0.15, -0.1) is 0 Å².